The number of benzene rings is 1. The number of pyridine rings is 1. The normalized spacial score (nSPS) is 11.1. The molecule has 4 aromatic rings. The van der Waals surface area contributed by atoms with Crippen LogP contribution in [0.2, 0.25) is 0 Å². The third-order valence-corrected chi connectivity index (χ3v) is 5.03. The number of nitrogens with one attached hydrogen (secondary N) is 1. The minimum absolute atomic E-state index is 0.0372. The van der Waals surface area contributed by atoms with Gasteiger partial charge in [0.1, 0.15) is 10.9 Å². The van der Waals surface area contributed by atoms with Crippen LogP contribution in [0, 0.1) is 11.3 Å². The highest BCUT2D eigenvalue weighted by molar-refractivity contribution is 7.16. The van der Waals surface area contributed by atoms with Crippen LogP contribution in [0.15, 0.2) is 41.3 Å². The fraction of sp³-hybridized carbons (Fsp3) is 0.118. The van der Waals surface area contributed by atoms with Crippen molar-refractivity contribution in [3.63, 3.8) is 0 Å². The quantitative estimate of drug-likeness (QED) is 0.614. The van der Waals surface area contributed by atoms with Gasteiger partial charge in [-0.3, -0.25) is 9.89 Å². The van der Waals surface area contributed by atoms with Crippen LogP contribution in [0.25, 0.3) is 32.2 Å². The van der Waals surface area contributed by atoms with Gasteiger partial charge < -0.3 is 4.57 Å². The summed E-state index contributed by atoms with van der Waals surface area (Å²) in [6.07, 6.45) is 1.58. The van der Waals surface area contributed by atoms with Crippen molar-refractivity contribution in [3.05, 3.63) is 51.8 Å². The molecule has 0 amide bonds. The fourth-order valence-electron chi connectivity index (χ4n) is 2.90. The first-order valence-electron chi connectivity index (χ1n) is 7.23. The number of nitrogens with zero attached hydrogens (tertiary/aromatic N) is 3. The Kier molecular flexibility index (Phi) is 3.03. The second-order valence-corrected chi connectivity index (χ2v) is 6.30. The van der Waals surface area contributed by atoms with E-state index in [-0.39, 0.29) is 5.56 Å². The molecule has 6 heteroatoms. The van der Waals surface area contributed by atoms with Crippen molar-refractivity contribution in [2.24, 2.45) is 0 Å². The summed E-state index contributed by atoms with van der Waals surface area (Å²) in [5.74, 6) is 0. The van der Waals surface area contributed by atoms with Crippen LogP contribution in [-0.2, 0) is 6.54 Å². The van der Waals surface area contributed by atoms with Gasteiger partial charge in [-0.05, 0) is 30.7 Å². The standard InChI is InChI=1S/C17H12N4OS/c1-2-21-14-7-10(15-6-4-11(8-18)23-15)3-5-12(14)16-13(17(21)22)9-19-20-16/h3-7,9H,2H2,1H3,(H,19,20). The van der Waals surface area contributed by atoms with E-state index in [2.05, 4.69) is 16.3 Å². The first-order valence-corrected chi connectivity index (χ1v) is 8.04. The summed E-state index contributed by atoms with van der Waals surface area (Å²) in [4.78, 5) is 14.3. The summed E-state index contributed by atoms with van der Waals surface area (Å²) in [5.41, 5.74) is 2.61. The minimum atomic E-state index is -0.0372. The van der Waals surface area contributed by atoms with Crippen molar-refractivity contribution in [1.82, 2.24) is 14.8 Å². The van der Waals surface area contributed by atoms with E-state index in [4.69, 9.17) is 5.26 Å². The summed E-state index contributed by atoms with van der Waals surface area (Å²) in [6.45, 7) is 2.55. The molecule has 0 aliphatic heterocycles. The lowest BCUT2D eigenvalue weighted by Gasteiger charge is -2.10. The molecule has 0 bridgehead atoms. The highest BCUT2D eigenvalue weighted by Crippen LogP contribution is 2.31. The molecule has 1 N–H and O–H groups in total. The lowest BCUT2D eigenvalue weighted by Crippen LogP contribution is -2.19. The monoisotopic (exact) mass is 320 g/mol. The van der Waals surface area contributed by atoms with E-state index in [0.29, 0.717) is 16.8 Å². The third-order valence-electron chi connectivity index (χ3n) is 3.99. The van der Waals surface area contributed by atoms with Crippen LogP contribution >= 0.6 is 11.3 Å². The maximum Gasteiger partial charge on any atom is 0.262 e. The number of nitriles is 1. The molecular formula is C17H12N4OS. The smallest absolute Gasteiger partial charge is 0.262 e. The highest BCUT2D eigenvalue weighted by Gasteiger charge is 2.13. The second-order valence-electron chi connectivity index (χ2n) is 5.22. The fourth-order valence-corrected chi connectivity index (χ4v) is 3.69. The molecule has 112 valence electrons. The Bertz CT molecular complexity index is 1140. The first-order chi connectivity index (χ1) is 11.2. The molecule has 4 rings (SSSR count). The van der Waals surface area contributed by atoms with Crippen molar-refractivity contribution in [2.45, 2.75) is 13.5 Å². The van der Waals surface area contributed by atoms with Gasteiger partial charge in [-0.25, -0.2) is 0 Å². The number of hydrogen-bond donors (Lipinski definition) is 1. The van der Waals surface area contributed by atoms with Crippen LogP contribution in [0.5, 0.6) is 0 Å². The summed E-state index contributed by atoms with van der Waals surface area (Å²) in [6, 6.07) is 11.9. The molecular weight excluding hydrogens is 308 g/mol. The Hall–Kier alpha value is -2.91. The average molecular weight is 320 g/mol. The van der Waals surface area contributed by atoms with Crippen molar-refractivity contribution in [2.75, 3.05) is 0 Å². The number of hydrogen-bond acceptors (Lipinski definition) is 4. The Balaban J connectivity index is 2.06. The van der Waals surface area contributed by atoms with Crippen molar-refractivity contribution in [3.8, 4) is 16.5 Å². The zero-order valence-corrected chi connectivity index (χ0v) is 13.1. The summed E-state index contributed by atoms with van der Waals surface area (Å²) >= 11 is 1.45. The van der Waals surface area contributed by atoms with Gasteiger partial charge in [0.2, 0.25) is 0 Å². The van der Waals surface area contributed by atoms with E-state index >= 15 is 0 Å². The molecule has 0 aliphatic carbocycles. The zero-order valence-electron chi connectivity index (χ0n) is 12.3. The van der Waals surface area contributed by atoms with Crippen LogP contribution in [0.4, 0.5) is 0 Å². The van der Waals surface area contributed by atoms with E-state index in [1.807, 2.05) is 37.3 Å². The first kappa shape index (κ1) is 13.7. The number of aryl methyl sites for hydroxylation is 1. The minimum Gasteiger partial charge on any atom is -0.308 e. The molecule has 3 heterocycles. The maximum atomic E-state index is 12.6. The maximum absolute atomic E-state index is 12.6. The van der Waals surface area contributed by atoms with Crippen LogP contribution in [-0.4, -0.2) is 14.8 Å². The Morgan fingerprint density at radius 2 is 2.17 bits per heavy atom. The largest absolute Gasteiger partial charge is 0.308 e. The molecule has 3 aromatic heterocycles. The molecule has 5 nitrogen and oxygen atoms in total. The molecule has 0 saturated heterocycles. The molecule has 0 saturated carbocycles. The zero-order chi connectivity index (χ0) is 16.0. The molecule has 0 radical (unpaired) electrons. The number of fused-ring (bicyclic) bond motifs is 3. The highest BCUT2D eigenvalue weighted by atomic mass is 32.1. The number of rotatable bonds is 2. The molecule has 0 unspecified atom stereocenters. The van der Waals surface area contributed by atoms with Gasteiger partial charge in [-0.15, -0.1) is 11.3 Å². The lowest BCUT2D eigenvalue weighted by molar-refractivity contribution is 0.767. The van der Waals surface area contributed by atoms with Gasteiger partial charge in [-0.2, -0.15) is 10.4 Å². The average Bonchev–Trinajstić information content (AvgIpc) is 3.24. The Morgan fingerprint density at radius 1 is 1.30 bits per heavy atom. The van der Waals surface area contributed by atoms with Crippen LogP contribution in [0.1, 0.15) is 11.8 Å². The number of thiophene rings is 1. The summed E-state index contributed by atoms with van der Waals surface area (Å²) < 4.78 is 1.76. The summed E-state index contributed by atoms with van der Waals surface area (Å²) in [5, 5.41) is 17.5. The predicted molar refractivity (Wildman–Crippen MR) is 91.6 cm³/mol. The van der Waals surface area contributed by atoms with Crippen LogP contribution < -0.4 is 5.56 Å². The Labute approximate surface area is 135 Å². The number of H-pyrrole nitrogens is 1. The molecule has 0 spiro atoms. The molecule has 0 fully saturated rings. The number of aromatic amines is 1. The SMILES string of the molecule is CCn1c(=O)c2cn[nH]c2c2ccc(-c3ccc(C#N)s3)cc21. The predicted octanol–water partition coefficient (Wildman–Crippen LogP) is 3.50. The van der Waals surface area contributed by atoms with Crippen LogP contribution in [0.3, 0.4) is 0 Å². The van der Waals surface area contributed by atoms with E-state index in [1.165, 1.54) is 11.3 Å². The van der Waals surface area contributed by atoms with Crippen molar-refractivity contribution in [1.29, 1.82) is 5.26 Å². The third kappa shape index (κ3) is 1.98. The van der Waals surface area contributed by atoms with E-state index < -0.39 is 0 Å². The van der Waals surface area contributed by atoms with Crippen molar-refractivity contribution < 1.29 is 0 Å². The molecule has 23 heavy (non-hydrogen) atoms. The van der Waals surface area contributed by atoms with Crippen molar-refractivity contribution >= 4 is 33.1 Å². The molecule has 1 aromatic carbocycles. The van der Waals surface area contributed by atoms with E-state index in [0.717, 1.165) is 26.9 Å². The van der Waals surface area contributed by atoms with Gasteiger partial charge in [-0.1, -0.05) is 12.1 Å². The van der Waals surface area contributed by atoms with E-state index in [1.54, 1.807) is 10.8 Å². The Morgan fingerprint density at radius 3 is 2.91 bits per heavy atom. The van der Waals surface area contributed by atoms with E-state index in [9.17, 15) is 4.79 Å². The van der Waals surface area contributed by atoms with Gasteiger partial charge >= 0.3 is 0 Å². The molecule has 0 atom stereocenters. The van der Waals surface area contributed by atoms with Gasteiger partial charge in [0.05, 0.1) is 22.6 Å². The second kappa shape index (κ2) is 5.07. The van der Waals surface area contributed by atoms with Gasteiger partial charge in [0, 0.05) is 16.8 Å². The lowest BCUT2D eigenvalue weighted by atomic mass is 10.1. The van der Waals surface area contributed by atoms with Gasteiger partial charge in [0.15, 0.2) is 0 Å². The van der Waals surface area contributed by atoms with Gasteiger partial charge in [0.25, 0.3) is 5.56 Å². The summed E-state index contributed by atoms with van der Waals surface area (Å²) in [7, 11) is 0. The molecule has 0 aliphatic rings. The number of aromatic nitrogens is 3. The topological polar surface area (TPSA) is 74.5 Å².